The van der Waals surface area contributed by atoms with Gasteiger partial charge < -0.3 is 9.64 Å². The van der Waals surface area contributed by atoms with Crippen molar-refractivity contribution in [3.8, 4) is 5.75 Å². The van der Waals surface area contributed by atoms with Gasteiger partial charge in [0.15, 0.2) is 0 Å². The molecule has 1 aromatic heterocycles. The SMILES string of the molecule is COc1cccc(N2CCN(Cc3ccc(C(F)(F)F)cn3)CC2)c1. The third kappa shape index (κ3) is 4.42. The maximum Gasteiger partial charge on any atom is 0.417 e. The van der Waals surface area contributed by atoms with Gasteiger partial charge in [0.2, 0.25) is 0 Å². The highest BCUT2D eigenvalue weighted by molar-refractivity contribution is 5.51. The molecular weight excluding hydrogens is 331 g/mol. The number of benzene rings is 1. The molecule has 0 radical (unpaired) electrons. The van der Waals surface area contributed by atoms with Crippen LogP contribution in [-0.4, -0.2) is 43.2 Å². The largest absolute Gasteiger partial charge is 0.497 e. The second-order valence-electron chi connectivity index (χ2n) is 6.00. The number of anilines is 1. The van der Waals surface area contributed by atoms with E-state index in [1.165, 1.54) is 6.07 Å². The van der Waals surface area contributed by atoms with Gasteiger partial charge in [-0.3, -0.25) is 9.88 Å². The van der Waals surface area contributed by atoms with Gasteiger partial charge in [0.25, 0.3) is 0 Å². The minimum Gasteiger partial charge on any atom is -0.497 e. The van der Waals surface area contributed by atoms with E-state index in [1.54, 1.807) is 7.11 Å². The zero-order chi connectivity index (χ0) is 17.9. The number of methoxy groups -OCH3 is 1. The maximum atomic E-state index is 12.6. The van der Waals surface area contributed by atoms with Crippen LogP contribution in [0.4, 0.5) is 18.9 Å². The van der Waals surface area contributed by atoms with E-state index in [2.05, 4.69) is 20.9 Å². The van der Waals surface area contributed by atoms with Crippen LogP contribution in [0.5, 0.6) is 5.75 Å². The van der Waals surface area contributed by atoms with E-state index in [1.807, 2.05) is 18.2 Å². The fourth-order valence-electron chi connectivity index (χ4n) is 2.89. The lowest BCUT2D eigenvalue weighted by Gasteiger charge is -2.36. The molecule has 1 aliphatic rings. The van der Waals surface area contributed by atoms with Gasteiger partial charge in [0.05, 0.1) is 18.4 Å². The van der Waals surface area contributed by atoms with Crippen LogP contribution in [0.2, 0.25) is 0 Å². The van der Waals surface area contributed by atoms with E-state index in [9.17, 15) is 13.2 Å². The van der Waals surface area contributed by atoms with Gasteiger partial charge in [-0.1, -0.05) is 6.07 Å². The average Bonchev–Trinajstić information content (AvgIpc) is 2.62. The van der Waals surface area contributed by atoms with E-state index < -0.39 is 11.7 Å². The first kappa shape index (κ1) is 17.5. The van der Waals surface area contributed by atoms with Crippen molar-refractivity contribution in [2.75, 3.05) is 38.2 Å². The van der Waals surface area contributed by atoms with Crippen LogP contribution in [0.1, 0.15) is 11.3 Å². The zero-order valence-electron chi connectivity index (χ0n) is 14.0. The molecule has 0 atom stereocenters. The minimum absolute atomic E-state index is 0.560. The van der Waals surface area contributed by atoms with Crippen molar-refractivity contribution in [1.82, 2.24) is 9.88 Å². The predicted octanol–water partition coefficient (Wildman–Crippen LogP) is 3.43. The molecule has 4 nitrogen and oxygen atoms in total. The van der Waals surface area contributed by atoms with Gasteiger partial charge in [-0.15, -0.1) is 0 Å². The zero-order valence-corrected chi connectivity index (χ0v) is 14.0. The molecule has 2 heterocycles. The number of ether oxygens (including phenoxy) is 1. The number of piperazine rings is 1. The maximum absolute atomic E-state index is 12.6. The van der Waals surface area contributed by atoms with Crippen LogP contribution >= 0.6 is 0 Å². The Morgan fingerprint density at radius 3 is 2.44 bits per heavy atom. The number of hydrogen-bond donors (Lipinski definition) is 0. The predicted molar refractivity (Wildman–Crippen MR) is 89.7 cm³/mol. The monoisotopic (exact) mass is 351 g/mol. The average molecular weight is 351 g/mol. The second kappa shape index (κ2) is 7.31. The molecule has 1 aliphatic heterocycles. The van der Waals surface area contributed by atoms with E-state index >= 15 is 0 Å². The van der Waals surface area contributed by atoms with E-state index in [-0.39, 0.29) is 0 Å². The van der Waals surface area contributed by atoms with Crippen molar-refractivity contribution in [3.63, 3.8) is 0 Å². The molecule has 25 heavy (non-hydrogen) atoms. The highest BCUT2D eigenvalue weighted by Gasteiger charge is 2.30. The third-order valence-electron chi connectivity index (χ3n) is 4.33. The number of rotatable bonds is 4. The van der Waals surface area contributed by atoms with Crippen LogP contribution < -0.4 is 9.64 Å². The van der Waals surface area contributed by atoms with Crippen LogP contribution in [0.25, 0.3) is 0 Å². The molecular formula is C18H20F3N3O. The standard InChI is InChI=1S/C18H20F3N3O/c1-25-17-4-2-3-16(11-17)24-9-7-23(8-10-24)13-15-6-5-14(12-22-15)18(19,20)21/h2-6,11-12H,7-10,13H2,1H3. The molecule has 1 aromatic carbocycles. The van der Waals surface area contributed by atoms with Gasteiger partial charge in [0.1, 0.15) is 5.75 Å². The second-order valence-corrected chi connectivity index (χ2v) is 6.00. The molecule has 0 N–H and O–H groups in total. The number of alkyl halides is 3. The summed E-state index contributed by atoms with van der Waals surface area (Å²) >= 11 is 0. The molecule has 7 heteroatoms. The molecule has 0 unspecified atom stereocenters. The molecule has 0 bridgehead atoms. The fourth-order valence-corrected chi connectivity index (χ4v) is 2.89. The van der Waals surface area contributed by atoms with Crippen LogP contribution in [0, 0.1) is 0 Å². The van der Waals surface area contributed by atoms with Gasteiger partial charge in [-0.05, 0) is 24.3 Å². The summed E-state index contributed by atoms with van der Waals surface area (Å²) in [5, 5.41) is 0. The summed E-state index contributed by atoms with van der Waals surface area (Å²) in [6, 6.07) is 10.5. The Morgan fingerprint density at radius 2 is 1.84 bits per heavy atom. The Morgan fingerprint density at radius 1 is 1.08 bits per heavy atom. The number of hydrogen-bond acceptors (Lipinski definition) is 4. The van der Waals surface area contributed by atoms with Gasteiger partial charge in [-0.2, -0.15) is 13.2 Å². The molecule has 0 spiro atoms. The lowest BCUT2D eigenvalue weighted by molar-refractivity contribution is -0.137. The minimum atomic E-state index is -4.34. The first-order chi connectivity index (χ1) is 12.0. The fraction of sp³-hybridized carbons (Fsp3) is 0.389. The number of halogens is 3. The number of pyridine rings is 1. The van der Waals surface area contributed by atoms with Crippen molar-refractivity contribution in [1.29, 1.82) is 0 Å². The lowest BCUT2D eigenvalue weighted by Crippen LogP contribution is -2.46. The summed E-state index contributed by atoms with van der Waals surface area (Å²) in [4.78, 5) is 8.42. The smallest absolute Gasteiger partial charge is 0.417 e. The first-order valence-corrected chi connectivity index (χ1v) is 8.09. The summed E-state index contributed by atoms with van der Waals surface area (Å²) in [7, 11) is 1.65. The topological polar surface area (TPSA) is 28.6 Å². The molecule has 134 valence electrons. The molecule has 0 aliphatic carbocycles. The Bertz CT molecular complexity index is 695. The normalized spacial score (nSPS) is 16.1. The lowest BCUT2D eigenvalue weighted by atomic mass is 10.2. The Kier molecular flexibility index (Phi) is 5.13. The highest BCUT2D eigenvalue weighted by atomic mass is 19.4. The van der Waals surface area contributed by atoms with Crippen LogP contribution in [-0.2, 0) is 12.7 Å². The van der Waals surface area contributed by atoms with E-state index in [0.29, 0.717) is 12.2 Å². The summed E-state index contributed by atoms with van der Waals surface area (Å²) in [5.74, 6) is 0.828. The third-order valence-corrected chi connectivity index (χ3v) is 4.33. The van der Waals surface area contributed by atoms with E-state index in [4.69, 9.17) is 4.74 Å². The van der Waals surface area contributed by atoms with Crippen LogP contribution in [0.15, 0.2) is 42.6 Å². The molecule has 1 saturated heterocycles. The Balaban J connectivity index is 1.55. The Labute approximate surface area is 144 Å². The molecule has 1 fully saturated rings. The Hall–Kier alpha value is -2.28. The van der Waals surface area contributed by atoms with Gasteiger partial charge in [-0.25, -0.2) is 0 Å². The van der Waals surface area contributed by atoms with Crippen molar-refractivity contribution in [2.45, 2.75) is 12.7 Å². The van der Waals surface area contributed by atoms with E-state index in [0.717, 1.165) is 49.9 Å². The first-order valence-electron chi connectivity index (χ1n) is 8.09. The summed E-state index contributed by atoms with van der Waals surface area (Å²) in [5.41, 5.74) is 1.06. The van der Waals surface area contributed by atoms with Crippen molar-refractivity contribution >= 4 is 5.69 Å². The summed E-state index contributed by atoms with van der Waals surface area (Å²) < 4.78 is 43.0. The molecule has 0 saturated carbocycles. The summed E-state index contributed by atoms with van der Waals surface area (Å²) in [6.45, 7) is 3.94. The number of aromatic nitrogens is 1. The molecule has 2 aromatic rings. The van der Waals surface area contributed by atoms with Crippen molar-refractivity contribution in [2.24, 2.45) is 0 Å². The molecule has 0 amide bonds. The van der Waals surface area contributed by atoms with Crippen molar-refractivity contribution in [3.05, 3.63) is 53.9 Å². The summed E-state index contributed by atoms with van der Waals surface area (Å²) in [6.07, 6.45) is -3.43. The highest BCUT2D eigenvalue weighted by Crippen LogP contribution is 2.28. The van der Waals surface area contributed by atoms with Gasteiger partial charge in [0, 0.05) is 50.7 Å². The quantitative estimate of drug-likeness (QED) is 0.844. The van der Waals surface area contributed by atoms with Crippen molar-refractivity contribution < 1.29 is 17.9 Å². The number of nitrogens with zero attached hydrogens (tertiary/aromatic N) is 3. The van der Waals surface area contributed by atoms with Crippen LogP contribution in [0.3, 0.4) is 0 Å². The van der Waals surface area contributed by atoms with Gasteiger partial charge >= 0.3 is 6.18 Å². The molecule has 3 rings (SSSR count).